The summed E-state index contributed by atoms with van der Waals surface area (Å²) in [5.74, 6) is -0.0143. The molecule has 0 aliphatic rings. The highest BCUT2D eigenvalue weighted by molar-refractivity contribution is 9.09. The summed E-state index contributed by atoms with van der Waals surface area (Å²) in [7, 11) is 1.83. The number of rotatable bonds is 6. The lowest BCUT2D eigenvalue weighted by Crippen LogP contribution is -2.25. The van der Waals surface area contributed by atoms with Crippen LogP contribution in [0.2, 0.25) is 0 Å². The summed E-state index contributed by atoms with van der Waals surface area (Å²) in [6.45, 7) is 2.73. The topological polar surface area (TPSA) is 46.9 Å². The van der Waals surface area contributed by atoms with Crippen LogP contribution in [-0.2, 0) is 13.5 Å². The first-order valence-corrected chi connectivity index (χ1v) is 6.67. The second-order valence-corrected chi connectivity index (χ2v) is 4.46. The summed E-state index contributed by atoms with van der Waals surface area (Å²) in [6, 6.07) is 0. The minimum atomic E-state index is -0.0143. The molecule has 4 nitrogen and oxygen atoms in total. The normalized spacial score (nSPS) is 10.4. The number of carbonyl (C=O) groups excluding carboxylic acids is 1. The van der Waals surface area contributed by atoms with Gasteiger partial charge in [-0.1, -0.05) is 22.9 Å². The molecule has 0 fully saturated rings. The molecular weight excluding hydrogens is 270 g/mol. The van der Waals surface area contributed by atoms with Crippen LogP contribution in [0.15, 0.2) is 6.20 Å². The van der Waals surface area contributed by atoms with Crippen molar-refractivity contribution in [1.82, 2.24) is 15.1 Å². The van der Waals surface area contributed by atoms with E-state index in [9.17, 15) is 4.79 Å². The highest BCUT2D eigenvalue weighted by Gasteiger charge is 2.13. The van der Waals surface area contributed by atoms with Crippen LogP contribution in [0.3, 0.4) is 0 Å². The van der Waals surface area contributed by atoms with Crippen LogP contribution < -0.4 is 5.32 Å². The van der Waals surface area contributed by atoms with E-state index in [0.717, 1.165) is 36.8 Å². The summed E-state index contributed by atoms with van der Waals surface area (Å²) in [5.41, 5.74) is 1.56. The molecule has 1 amide bonds. The number of nitrogens with one attached hydrogen (secondary N) is 1. The van der Waals surface area contributed by atoms with Crippen molar-refractivity contribution in [3.8, 4) is 0 Å². The maximum atomic E-state index is 11.8. The first kappa shape index (κ1) is 13.2. The van der Waals surface area contributed by atoms with E-state index in [2.05, 4.69) is 26.3 Å². The summed E-state index contributed by atoms with van der Waals surface area (Å²) < 4.78 is 1.69. The molecule has 1 N–H and O–H groups in total. The largest absolute Gasteiger partial charge is 0.352 e. The molecule has 0 aromatic carbocycles. The van der Waals surface area contributed by atoms with E-state index in [1.807, 2.05) is 14.0 Å². The van der Waals surface area contributed by atoms with Gasteiger partial charge < -0.3 is 5.32 Å². The highest BCUT2D eigenvalue weighted by atomic mass is 79.9. The SMILES string of the molecule is CCc1nn(C)cc1C(=O)NCCCCBr. The van der Waals surface area contributed by atoms with Gasteiger partial charge in [0.15, 0.2) is 0 Å². The Balaban J connectivity index is 2.51. The molecule has 1 heterocycles. The van der Waals surface area contributed by atoms with Gasteiger partial charge in [-0.05, 0) is 19.3 Å². The van der Waals surface area contributed by atoms with E-state index in [1.54, 1.807) is 10.9 Å². The Morgan fingerprint density at radius 3 is 2.94 bits per heavy atom. The Kier molecular flexibility index (Phi) is 5.52. The van der Waals surface area contributed by atoms with Gasteiger partial charge in [0.25, 0.3) is 5.91 Å². The summed E-state index contributed by atoms with van der Waals surface area (Å²) >= 11 is 3.36. The van der Waals surface area contributed by atoms with E-state index < -0.39 is 0 Å². The molecular formula is C11H18BrN3O. The molecule has 0 aliphatic heterocycles. The van der Waals surface area contributed by atoms with Gasteiger partial charge in [-0.15, -0.1) is 0 Å². The zero-order valence-electron chi connectivity index (χ0n) is 9.79. The number of amides is 1. The van der Waals surface area contributed by atoms with E-state index in [1.165, 1.54) is 0 Å². The fourth-order valence-corrected chi connectivity index (χ4v) is 1.90. The molecule has 16 heavy (non-hydrogen) atoms. The number of nitrogens with zero attached hydrogens (tertiary/aromatic N) is 2. The zero-order chi connectivity index (χ0) is 12.0. The molecule has 0 saturated heterocycles. The van der Waals surface area contributed by atoms with Crippen molar-refractivity contribution in [3.63, 3.8) is 0 Å². The third-order valence-corrected chi connectivity index (χ3v) is 2.89. The lowest BCUT2D eigenvalue weighted by Gasteiger charge is -2.03. The molecule has 0 atom stereocenters. The van der Waals surface area contributed by atoms with E-state index in [0.29, 0.717) is 5.56 Å². The predicted molar refractivity (Wildman–Crippen MR) is 67.9 cm³/mol. The number of alkyl halides is 1. The van der Waals surface area contributed by atoms with Crippen LogP contribution in [-0.4, -0.2) is 27.6 Å². The third-order valence-electron chi connectivity index (χ3n) is 2.33. The summed E-state index contributed by atoms with van der Waals surface area (Å²) in [5, 5.41) is 8.13. The lowest BCUT2D eigenvalue weighted by atomic mass is 10.2. The van der Waals surface area contributed by atoms with Crippen LogP contribution in [0.25, 0.3) is 0 Å². The number of halogens is 1. The zero-order valence-corrected chi connectivity index (χ0v) is 11.4. The first-order valence-electron chi connectivity index (χ1n) is 5.55. The summed E-state index contributed by atoms with van der Waals surface area (Å²) in [6.07, 6.45) is 4.64. The van der Waals surface area contributed by atoms with Crippen LogP contribution in [0, 0.1) is 0 Å². The van der Waals surface area contributed by atoms with Crippen LogP contribution in [0.4, 0.5) is 0 Å². The maximum Gasteiger partial charge on any atom is 0.254 e. The second-order valence-electron chi connectivity index (χ2n) is 3.67. The van der Waals surface area contributed by atoms with Crippen molar-refractivity contribution >= 4 is 21.8 Å². The fourth-order valence-electron chi connectivity index (χ4n) is 1.50. The van der Waals surface area contributed by atoms with Gasteiger partial charge in [-0.3, -0.25) is 9.48 Å². The molecule has 1 rings (SSSR count). The fraction of sp³-hybridized carbons (Fsp3) is 0.636. The Bertz CT molecular complexity index is 349. The molecule has 1 aromatic rings. The van der Waals surface area contributed by atoms with Gasteiger partial charge in [0.1, 0.15) is 0 Å². The van der Waals surface area contributed by atoms with Gasteiger partial charge in [0, 0.05) is 25.1 Å². The number of aryl methyl sites for hydroxylation is 2. The summed E-state index contributed by atoms with van der Waals surface area (Å²) in [4.78, 5) is 11.8. The lowest BCUT2D eigenvalue weighted by molar-refractivity contribution is 0.0952. The Morgan fingerprint density at radius 1 is 1.56 bits per heavy atom. The van der Waals surface area contributed by atoms with Gasteiger partial charge >= 0.3 is 0 Å². The van der Waals surface area contributed by atoms with Crippen molar-refractivity contribution in [2.24, 2.45) is 7.05 Å². The molecule has 0 bridgehead atoms. The number of carbonyl (C=O) groups is 1. The van der Waals surface area contributed by atoms with Crippen molar-refractivity contribution in [3.05, 3.63) is 17.5 Å². The van der Waals surface area contributed by atoms with Crippen molar-refractivity contribution < 1.29 is 4.79 Å². The molecule has 90 valence electrons. The predicted octanol–water partition coefficient (Wildman–Crippen LogP) is 1.89. The Labute approximate surface area is 105 Å². The maximum absolute atomic E-state index is 11.8. The standard InChI is InChI=1S/C11H18BrN3O/c1-3-10-9(8-15(2)14-10)11(16)13-7-5-4-6-12/h8H,3-7H2,1-2H3,(H,13,16). The smallest absolute Gasteiger partial charge is 0.254 e. The monoisotopic (exact) mass is 287 g/mol. The van der Waals surface area contributed by atoms with Gasteiger partial charge in [-0.25, -0.2) is 0 Å². The molecule has 0 unspecified atom stereocenters. The van der Waals surface area contributed by atoms with Crippen molar-refractivity contribution in [2.45, 2.75) is 26.2 Å². The minimum absolute atomic E-state index is 0.0143. The van der Waals surface area contributed by atoms with Crippen molar-refractivity contribution in [1.29, 1.82) is 0 Å². The Morgan fingerprint density at radius 2 is 2.31 bits per heavy atom. The van der Waals surface area contributed by atoms with E-state index in [4.69, 9.17) is 0 Å². The molecule has 0 spiro atoms. The third kappa shape index (κ3) is 3.63. The van der Waals surface area contributed by atoms with E-state index in [-0.39, 0.29) is 5.91 Å². The molecule has 0 radical (unpaired) electrons. The van der Waals surface area contributed by atoms with Crippen LogP contribution in [0.5, 0.6) is 0 Å². The van der Waals surface area contributed by atoms with Crippen molar-refractivity contribution in [2.75, 3.05) is 11.9 Å². The van der Waals surface area contributed by atoms with Crippen LogP contribution >= 0.6 is 15.9 Å². The molecule has 0 aliphatic carbocycles. The molecule has 1 aromatic heterocycles. The van der Waals surface area contributed by atoms with E-state index >= 15 is 0 Å². The van der Waals surface area contributed by atoms with Crippen LogP contribution in [0.1, 0.15) is 35.8 Å². The first-order chi connectivity index (χ1) is 7.69. The quantitative estimate of drug-likeness (QED) is 0.642. The highest BCUT2D eigenvalue weighted by Crippen LogP contribution is 2.06. The number of unbranched alkanes of at least 4 members (excludes halogenated alkanes) is 1. The number of aromatic nitrogens is 2. The second kappa shape index (κ2) is 6.68. The number of hydrogen-bond donors (Lipinski definition) is 1. The Hall–Kier alpha value is -0.840. The van der Waals surface area contributed by atoms with Gasteiger partial charge in [-0.2, -0.15) is 5.10 Å². The molecule has 5 heteroatoms. The van der Waals surface area contributed by atoms with Gasteiger partial charge in [0.05, 0.1) is 11.3 Å². The van der Waals surface area contributed by atoms with Gasteiger partial charge in [0.2, 0.25) is 0 Å². The average molecular weight is 288 g/mol. The number of hydrogen-bond acceptors (Lipinski definition) is 2. The average Bonchev–Trinajstić information content (AvgIpc) is 2.65. The molecule has 0 saturated carbocycles. The minimum Gasteiger partial charge on any atom is -0.352 e.